The summed E-state index contributed by atoms with van der Waals surface area (Å²) in [5.74, 6) is -1.40. The fourth-order valence-corrected chi connectivity index (χ4v) is 3.68. The maximum Gasteiger partial charge on any atom is 0.340 e. The lowest BCUT2D eigenvalue weighted by atomic mass is 10.2. The number of nitro groups is 1. The number of sulfonamides is 1. The van der Waals surface area contributed by atoms with Crippen LogP contribution in [0.4, 0.5) is 5.69 Å². The van der Waals surface area contributed by atoms with Crippen molar-refractivity contribution >= 4 is 50.4 Å². The lowest BCUT2D eigenvalue weighted by Gasteiger charge is -2.05. The molecule has 1 aromatic carbocycles. The van der Waals surface area contributed by atoms with Crippen molar-refractivity contribution in [3.8, 4) is 0 Å². The zero-order valence-corrected chi connectivity index (χ0v) is 16.9. The van der Waals surface area contributed by atoms with E-state index in [4.69, 9.17) is 16.3 Å². The van der Waals surface area contributed by atoms with Gasteiger partial charge in [0.1, 0.15) is 0 Å². The van der Waals surface area contributed by atoms with Gasteiger partial charge in [-0.3, -0.25) is 14.9 Å². The average molecular weight is 447 g/mol. The summed E-state index contributed by atoms with van der Waals surface area (Å²) in [6, 6.07) is 6.56. The van der Waals surface area contributed by atoms with Crippen molar-refractivity contribution in [1.29, 1.82) is 0 Å². The number of Topliss-reactive ketones (excluding diaryl/α,β-unsaturated/α-hetero) is 1. The van der Waals surface area contributed by atoms with Crippen molar-refractivity contribution in [2.75, 3.05) is 19.4 Å². The predicted molar refractivity (Wildman–Crippen MR) is 104 cm³/mol. The van der Waals surface area contributed by atoms with Crippen LogP contribution < -0.4 is 4.72 Å². The molecule has 0 atom stereocenters. The molecule has 0 spiro atoms. The summed E-state index contributed by atoms with van der Waals surface area (Å²) in [6.45, 7) is -0.355. The van der Waals surface area contributed by atoms with Crippen LogP contribution in [0.25, 0.3) is 0 Å². The largest absolute Gasteiger partial charge is 0.454 e. The fraction of sp³-hybridized carbons (Fsp3) is 0.250. The molecule has 0 unspecified atom stereocenters. The number of halogens is 1. The second-order valence-electron chi connectivity index (χ2n) is 5.60. The predicted octanol–water partition coefficient (Wildman–Crippen LogP) is 2.44. The van der Waals surface area contributed by atoms with Crippen LogP contribution in [0.2, 0.25) is 5.02 Å². The van der Waals surface area contributed by atoms with E-state index in [0.29, 0.717) is 11.3 Å². The smallest absolute Gasteiger partial charge is 0.340 e. The number of benzene rings is 1. The molecule has 0 aliphatic rings. The number of thiophene rings is 1. The maximum absolute atomic E-state index is 12.2. The van der Waals surface area contributed by atoms with E-state index in [1.54, 1.807) is 12.1 Å². The Bertz CT molecular complexity index is 1020. The molecule has 0 amide bonds. The highest BCUT2D eigenvalue weighted by Crippen LogP contribution is 2.23. The molecule has 2 aromatic rings. The van der Waals surface area contributed by atoms with Gasteiger partial charge in [-0.05, 0) is 24.6 Å². The fourth-order valence-electron chi connectivity index (χ4n) is 2.08. The van der Waals surface area contributed by atoms with Crippen LogP contribution in [0.3, 0.4) is 0 Å². The number of hydrogen-bond acceptors (Lipinski definition) is 8. The summed E-state index contributed by atoms with van der Waals surface area (Å²) >= 11 is 7.01. The normalized spacial score (nSPS) is 11.2. The molecule has 0 radical (unpaired) electrons. The highest BCUT2D eigenvalue weighted by molar-refractivity contribution is 7.88. The van der Waals surface area contributed by atoms with Crippen LogP contribution >= 0.6 is 22.9 Å². The highest BCUT2D eigenvalue weighted by Gasteiger charge is 2.19. The van der Waals surface area contributed by atoms with Gasteiger partial charge in [-0.15, -0.1) is 11.3 Å². The molecule has 9 nitrogen and oxygen atoms in total. The third-order valence-electron chi connectivity index (χ3n) is 3.39. The molecule has 0 aliphatic carbocycles. The molecule has 1 N–H and O–H groups in total. The van der Waals surface area contributed by atoms with Crippen molar-refractivity contribution in [2.24, 2.45) is 0 Å². The van der Waals surface area contributed by atoms with Crippen LogP contribution in [-0.2, 0) is 21.2 Å². The lowest BCUT2D eigenvalue weighted by Crippen LogP contribution is -2.24. The number of nitro benzene ring substituents is 1. The third kappa shape index (κ3) is 6.37. The zero-order chi connectivity index (χ0) is 20.9. The van der Waals surface area contributed by atoms with Gasteiger partial charge in [-0.1, -0.05) is 11.6 Å². The van der Waals surface area contributed by atoms with E-state index in [1.807, 2.05) is 0 Å². The monoisotopic (exact) mass is 446 g/mol. The molecule has 1 aromatic heterocycles. The Labute approximate surface area is 169 Å². The standard InChI is InChI=1S/C16H15ClN2O7S2/c1-28(24,25)18-7-6-11-3-5-15(27-11)14(20)9-26-16(21)12-8-10(19(22)23)2-4-13(12)17/h2-5,8,18H,6-7,9H2,1H3. The maximum atomic E-state index is 12.2. The second-order valence-corrected chi connectivity index (χ2v) is 9.01. The number of ketones is 1. The van der Waals surface area contributed by atoms with E-state index in [9.17, 15) is 28.1 Å². The van der Waals surface area contributed by atoms with Gasteiger partial charge in [0.05, 0.1) is 26.6 Å². The first-order chi connectivity index (χ1) is 13.1. The Hall–Kier alpha value is -2.34. The number of nitrogens with one attached hydrogen (secondary N) is 1. The van der Waals surface area contributed by atoms with E-state index in [-0.39, 0.29) is 22.8 Å². The molecular formula is C16H15ClN2O7S2. The van der Waals surface area contributed by atoms with Crippen molar-refractivity contribution in [3.63, 3.8) is 0 Å². The van der Waals surface area contributed by atoms with E-state index in [2.05, 4.69) is 4.72 Å². The molecular weight excluding hydrogens is 432 g/mol. The Morgan fingerprint density at radius 1 is 1.29 bits per heavy atom. The lowest BCUT2D eigenvalue weighted by molar-refractivity contribution is -0.384. The van der Waals surface area contributed by atoms with Gasteiger partial charge in [0.2, 0.25) is 15.8 Å². The Balaban J connectivity index is 1.94. The number of carbonyl (C=O) groups excluding carboxylic acids is 2. The first kappa shape index (κ1) is 22.0. The molecule has 150 valence electrons. The quantitative estimate of drug-likeness (QED) is 0.270. The topological polar surface area (TPSA) is 133 Å². The summed E-state index contributed by atoms with van der Waals surface area (Å²) < 4.78 is 29.3. The third-order valence-corrected chi connectivity index (χ3v) is 5.63. The summed E-state index contributed by atoms with van der Waals surface area (Å²) in [5, 5.41) is 10.8. The number of ether oxygens (including phenoxy) is 1. The summed E-state index contributed by atoms with van der Waals surface area (Å²) in [5.41, 5.74) is -0.532. The van der Waals surface area contributed by atoms with Gasteiger partial charge >= 0.3 is 5.97 Å². The summed E-state index contributed by atoms with van der Waals surface area (Å²) in [4.78, 5) is 35.5. The van der Waals surface area contributed by atoms with E-state index >= 15 is 0 Å². The van der Waals surface area contributed by atoms with Crippen molar-refractivity contribution in [2.45, 2.75) is 6.42 Å². The first-order valence-corrected chi connectivity index (χ1v) is 10.8. The SMILES string of the molecule is CS(=O)(=O)NCCc1ccc(C(=O)COC(=O)c2cc([N+](=O)[O-])ccc2Cl)s1. The number of carbonyl (C=O) groups is 2. The molecule has 0 bridgehead atoms. The number of esters is 1. The van der Waals surface area contributed by atoms with Crippen LogP contribution in [0.5, 0.6) is 0 Å². The number of hydrogen-bond donors (Lipinski definition) is 1. The molecule has 2 rings (SSSR count). The van der Waals surface area contributed by atoms with Gasteiger partial charge < -0.3 is 4.74 Å². The minimum Gasteiger partial charge on any atom is -0.454 e. The minimum atomic E-state index is -3.28. The molecule has 28 heavy (non-hydrogen) atoms. The van der Waals surface area contributed by atoms with Crippen molar-refractivity contribution in [3.05, 3.63) is 60.8 Å². The highest BCUT2D eigenvalue weighted by atomic mass is 35.5. The van der Waals surface area contributed by atoms with Crippen molar-refractivity contribution < 1.29 is 27.7 Å². The molecule has 0 fully saturated rings. The average Bonchev–Trinajstić information content (AvgIpc) is 3.07. The van der Waals surface area contributed by atoms with Gasteiger partial charge in [-0.2, -0.15) is 0 Å². The first-order valence-electron chi connectivity index (χ1n) is 7.74. The molecule has 1 heterocycles. The van der Waals surface area contributed by atoms with Crippen LogP contribution in [0, 0.1) is 10.1 Å². The second kappa shape index (κ2) is 9.24. The minimum absolute atomic E-state index is 0.0279. The summed E-state index contributed by atoms with van der Waals surface area (Å²) in [7, 11) is -3.28. The van der Waals surface area contributed by atoms with Crippen LogP contribution in [0.15, 0.2) is 30.3 Å². The van der Waals surface area contributed by atoms with Gasteiger partial charge in [0.25, 0.3) is 5.69 Å². The van der Waals surface area contributed by atoms with E-state index in [1.165, 1.54) is 6.07 Å². The Morgan fingerprint density at radius 2 is 2.00 bits per heavy atom. The van der Waals surface area contributed by atoms with Crippen molar-refractivity contribution in [1.82, 2.24) is 4.72 Å². The summed E-state index contributed by atoms with van der Waals surface area (Å²) in [6.07, 6.45) is 1.46. The van der Waals surface area contributed by atoms with Gasteiger partial charge in [0.15, 0.2) is 6.61 Å². The van der Waals surface area contributed by atoms with E-state index in [0.717, 1.165) is 34.6 Å². The Morgan fingerprint density at radius 3 is 2.64 bits per heavy atom. The van der Waals surface area contributed by atoms with E-state index < -0.39 is 33.3 Å². The molecule has 0 saturated carbocycles. The van der Waals surface area contributed by atoms with Crippen LogP contribution in [0.1, 0.15) is 24.9 Å². The molecule has 0 aliphatic heterocycles. The Kier molecular flexibility index (Phi) is 7.24. The van der Waals surface area contributed by atoms with Crippen LogP contribution in [-0.4, -0.2) is 44.5 Å². The number of nitrogens with zero attached hydrogens (tertiary/aromatic N) is 1. The number of non-ortho nitro benzene ring substituents is 1. The van der Waals surface area contributed by atoms with Gasteiger partial charge in [0, 0.05) is 23.6 Å². The number of rotatable bonds is 9. The van der Waals surface area contributed by atoms with Gasteiger partial charge in [-0.25, -0.2) is 17.9 Å². The zero-order valence-electron chi connectivity index (χ0n) is 14.5. The molecule has 0 saturated heterocycles. The molecule has 12 heteroatoms.